The molecule has 1 heterocycles. The fourth-order valence-electron chi connectivity index (χ4n) is 5.69. The molecule has 0 amide bonds. The summed E-state index contributed by atoms with van der Waals surface area (Å²) in [6.07, 6.45) is 9.49. The van der Waals surface area contributed by atoms with Crippen LogP contribution in [-0.4, -0.2) is 34.2 Å². The van der Waals surface area contributed by atoms with Gasteiger partial charge in [0.05, 0.1) is 11.3 Å². The van der Waals surface area contributed by atoms with Crippen molar-refractivity contribution in [3.8, 4) is 45.7 Å². The molecule has 6 rings (SSSR count). The Hall–Kier alpha value is -3.78. The van der Waals surface area contributed by atoms with E-state index >= 15 is 0 Å². The molecule has 2 aliphatic carbocycles. The van der Waals surface area contributed by atoms with Crippen LogP contribution in [0.1, 0.15) is 61.3 Å². The van der Waals surface area contributed by atoms with Crippen LogP contribution in [0.25, 0.3) is 34.2 Å². The Kier molecular flexibility index (Phi) is 7.27. The number of hydrogen-bond donors (Lipinski definition) is 1. The number of phenols is 1. The summed E-state index contributed by atoms with van der Waals surface area (Å²) in [5.74, 6) is 1.18. The van der Waals surface area contributed by atoms with Crippen molar-refractivity contribution < 1.29 is 17.7 Å². The molecule has 4 aromatic rings. The van der Waals surface area contributed by atoms with Gasteiger partial charge in [-0.25, -0.2) is 15.0 Å². The maximum absolute atomic E-state index is 12.1. The highest BCUT2D eigenvalue weighted by atomic mass is 32.2. The number of nitrogens with zero attached hydrogens (tertiary/aromatic N) is 3. The van der Waals surface area contributed by atoms with E-state index in [1.54, 1.807) is 13.0 Å². The van der Waals surface area contributed by atoms with Crippen LogP contribution in [0.4, 0.5) is 0 Å². The summed E-state index contributed by atoms with van der Waals surface area (Å²) in [6.45, 7) is 1.77. The summed E-state index contributed by atoms with van der Waals surface area (Å²) in [5.41, 5.74) is 7.62. The highest BCUT2D eigenvalue weighted by Crippen LogP contribution is 2.35. The molecule has 0 atom stereocenters. The highest BCUT2D eigenvalue weighted by Gasteiger charge is 2.19. The highest BCUT2D eigenvalue weighted by molar-refractivity contribution is 7.87. The lowest BCUT2D eigenvalue weighted by Crippen LogP contribution is -2.13. The molecule has 0 bridgehead atoms. The van der Waals surface area contributed by atoms with Gasteiger partial charge >= 0.3 is 10.1 Å². The Labute approximate surface area is 235 Å². The molecular weight excluding hydrogens is 522 g/mol. The third kappa shape index (κ3) is 5.59. The van der Waals surface area contributed by atoms with Gasteiger partial charge in [0.25, 0.3) is 0 Å². The first-order valence-corrected chi connectivity index (χ1v) is 15.7. The van der Waals surface area contributed by atoms with Crippen LogP contribution in [0.5, 0.6) is 11.5 Å². The van der Waals surface area contributed by atoms with Gasteiger partial charge in [-0.3, -0.25) is 0 Å². The molecule has 0 saturated heterocycles. The van der Waals surface area contributed by atoms with Gasteiger partial charge < -0.3 is 9.29 Å². The normalized spacial score (nSPS) is 14.8. The summed E-state index contributed by atoms with van der Waals surface area (Å²) in [7, 11) is -3.73. The lowest BCUT2D eigenvalue weighted by atomic mass is 9.90. The molecule has 40 heavy (non-hydrogen) atoms. The first kappa shape index (κ1) is 26.4. The fourth-order valence-corrected chi connectivity index (χ4v) is 6.67. The second-order valence-corrected chi connectivity index (χ2v) is 12.4. The Morgan fingerprint density at radius 1 is 0.700 bits per heavy atom. The van der Waals surface area contributed by atoms with Gasteiger partial charge in [-0.1, -0.05) is 31.2 Å². The van der Waals surface area contributed by atoms with E-state index in [9.17, 15) is 13.5 Å². The van der Waals surface area contributed by atoms with Crippen molar-refractivity contribution in [3.63, 3.8) is 0 Å². The van der Waals surface area contributed by atoms with E-state index in [-0.39, 0.29) is 17.3 Å². The smallest absolute Gasteiger partial charge is 0.309 e. The van der Waals surface area contributed by atoms with Crippen molar-refractivity contribution in [1.82, 2.24) is 15.0 Å². The van der Waals surface area contributed by atoms with Crippen molar-refractivity contribution in [1.29, 1.82) is 0 Å². The largest absolute Gasteiger partial charge is 0.507 e. The maximum Gasteiger partial charge on any atom is 0.309 e. The van der Waals surface area contributed by atoms with Crippen molar-refractivity contribution in [2.24, 2.45) is 0 Å². The van der Waals surface area contributed by atoms with Crippen LogP contribution in [0.2, 0.25) is 0 Å². The van der Waals surface area contributed by atoms with Crippen molar-refractivity contribution in [2.45, 2.75) is 64.7 Å². The molecule has 7 nitrogen and oxygen atoms in total. The zero-order chi connectivity index (χ0) is 27.7. The molecule has 0 aliphatic heterocycles. The maximum atomic E-state index is 12.1. The lowest BCUT2D eigenvalue weighted by molar-refractivity contribution is 0.464. The summed E-state index contributed by atoms with van der Waals surface area (Å²) in [4.78, 5) is 14.5. The summed E-state index contributed by atoms with van der Waals surface area (Å²) < 4.78 is 29.4. The minimum Gasteiger partial charge on any atom is -0.507 e. The van der Waals surface area contributed by atoms with Crippen molar-refractivity contribution in [2.75, 3.05) is 5.75 Å². The second kappa shape index (κ2) is 11.0. The molecule has 1 aromatic heterocycles. The van der Waals surface area contributed by atoms with Crippen LogP contribution in [0.3, 0.4) is 0 Å². The molecule has 8 heteroatoms. The number of aromatic nitrogens is 3. The predicted molar refractivity (Wildman–Crippen MR) is 156 cm³/mol. The summed E-state index contributed by atoms with van der Waals surface area (Å²) in [5, 5.41) is 10.9. The van der Waals surface area contributed by atoms with Gasteiger partial charge in [0, 0.05) is 17.2 Å². The van der Waals surface area contributed by atoms with Gasteiger partial charge in [0.2, 0.25) is 0 Å². The minimum atomic E-state index is -3.73. The zero-order valence-electron chi connectivity index (χ0n) is 22.7. The van der Waals surface area contributed by atoms with Crippen molar-refractivity contribution >= 4 is 10.1 Å². The van der Waals surface area contributed by atoms with Gasteiger partial charge in [0.15, 0.2) is 17.5 Å². The topological polar surface area (TPSA) is 102 Å². The van der Waals surface area contributed by atoms with Crippen LogP contribution >= 0.6 is 0 Å². The van der Waals surface area contributed by atoms with Crippen molar-refractivity contribution in [3.05, 3.63) is 76.9 Å². The molecule has 206 valence electrons. The first-order chi connectivity index (χ1) is 19.4. The number of aryl methyl sites for hydroxylation is 4. The van der Waals surface area contributed by atoms with Gasteiger partial charge in [0.1, 0.15) is 11.5 Å². The predicted octanol–water partition coefficient (Wildman–Crippen LogP) is 6.45. The van der Waals surface area contributed by atoms with Crippen LogP contribution in [-0.2, 0) is 35.8 Å². The molecule has 2 aliphatic rings. The Morgan fingerprint density at radius 3 is 1.75 bits per heavy atom. The zero-order valence-corrected chi connectivity index (χ0v) is 23.5. The minimum absolute atomic E-state index is 0.0496. The van der Waals surface area contributed by atoms with E-state index in [0.717, 1.165) is 36.8 Å². The Bertz CT molecular complexity index is 1610. The van der Waals surface area contributed by atoms with E-state index in [1.165, 1.54) is 60.1 Å². The monoisotopic (exact) mass is 555 g/mol. The number of aromatic hydroxyl groups is 1. The number of fused-ring (bicyclic) bond motifs is 2. The summed E-state index contributed by atoms with van der Waals surface area (Å²) >= 11 is 0. The van der Waals surface area contributed by atoms with E-state index in [1.807, 2.05) is 0 Å². The molecule has 0 fully saturated rings. The van der Waals surface area contributed by atoms with Gasteiger partial charge in [-0.05, 0) is 104 Å². The SMILES string of the molecule is CCCS(=O)(=O)Oc1ccc(-c2nc(-c3ccc4c(c3)CCCC4)nc(-c3ccc4c(c3)CCCC4)n2)c(O)c1. The standard InChI is InChI=1S/C32H33N3O4S/c1-2-17-40(37,38)39-27-15-16-28(29(36)20-27)32-34-30(25-13-11-21-7-3-5-9-23(21)18-25)33-31(35-32)26-14-12-22-8-4-6-10-24(22)19-26/h11-16,18-20,36H,2-10,17H2,1H3. The third-order valence-corrected chi connectivity index (χ3v) is 9.09. The van der Waals surface area contributed by atoms with Crippen LogP contribution < -0.4 is 4.18 Å². The average Bonchev–Trinajstić information content (AvgIpc) is 2.96. The first-order valence-electron chi connectivity index (χ1n) is 14.1. The van der Waals surface area contributed by atoms with E-state index < -0.39 is 10.1 Å². The van der Waals surface area contributed by atoms with Gasteiger partial charge in [-0.2, -0.15) is 8.42 Å². The molecule has 1 N–H and O–H groups in total. The second-order valence-electron chi connectivity index (χ2n) is 10.7. The van der Waals surface area contributed by atoms with E-state index in [0.29, 0.717) is 29.5 Å². The molecule has 0 spiro atoms. The Morgan fingerprint density at radius 2 is 1.23 bits per heavy atom. The molecule has 0 radical (unpaired) electrons. The van der Waals surface area contributed by atoms with Crippen LogP contribution in [0.15, 0.2) is 54.6 Å². The Balaban J connectivity index is 1.44. The fraction of sp³-hybridized carbons (Fsp3) is 0.344. The number of phenolic OH excluding ortho intramolecular Hbond substituents is 1. The summed E-state index contributed by atoms with van der Waals surface area (Å²) in [6, 6.07) is 17.2. The number of benzene rings is 3. The third-order valence-electron chi connectivity index (χ3n) is 7.74. The lowest BCUT2D eigenvalue weighted by Gasteiger charge is -2.18. The molecule has 0 unspecified atom stereocenters. The molecule has 0 saturated carbocycles. The quantitative estimate of drug-likeness (QED) is 0.261. The van der Waals surface area contributed by atoms with Crippen LogP contribution in [0, 0.1) is 0 Å². The molecule has 3 aromatic carbocycles. The van der Waals surface area contributed by atoms with E-state index in [4.69, 9.17) is 19.1 Å². The average molecular weight is 556 g/mol. The number of rotatable bonds is 7. The van der Waals surface area contributed by atoms with E-state index in [2.05, 4.69) is 36.4 Å². The number of hydrogen-bond acceptors (Lipinski definition) is 7. The van der Waals surface area contributed by atoms with Gasteiger partial charge in [-0.15, -0.1) is 0 Å². The molecular formula is C32H33N3O4S.